The maximum Gasteiger partial charge on any atom is 0.104 e. The Morgan fingerprint density at radius 2 is 2.40 bits per heavy atom. The van der Waals surface area contributed by atoms with E-state index in [0.29, 0.717) is 12.0 Å². The summed E-state index contributed by atoms with van der Waals surface area (Å²) < 4.78 is 10.4. The third kappa shape index (κ3) is 3.18. The molecule has 1 rings (SSSR count). The molecule has 0 radical (unpaired) electrons. The van der Waals surface area contributed by atoms with E-state index in [9.17, 15) is 0 Å². The van der Waals surface area contributed by atoms with Crippen molar-refractivity contribution in [1.82, 2.24) is 0 Å². The van der Waals surface area contributed by atoms with Gasteiger partial charge in [-0.2, -0.15) is 0 Å². The van der Waals surface area contributed by atoms with E-state index < -0.39 is 0 Å². The Hall–Kier alpha value is -0.0800. The summed E-state index contributed by atoms with van der Waals surface area (Å²) in [7, 11) is 0. The molecule has 0 aromatic heterocycles. The van der Waals surface area contributed by atoms with E-state index in [2.05, 4.69) is 13.8 Å². The van der Waals surface area contributed by atoms with Crippen LogP contribution in [0.2, 0.25) is 0 Å². The van der Waals surface area contributed by atoms with Crippen LogP contribution in [0.1, 0.15) is 20.3 Å². The molecule has 0 aliphatic carbocycles. The molecule has 0 aromatic rings. The van der Waals surface area contributed by atoms with Crippen LogP contribution < -0.4 is 0 Å². The van der Waals surface area contributed by atoms with Crippen LogP contribution in [0.4, 0.5) is 0 Å². The van der Waals surface area contributed by atoms with E-state index in [-0.39, 0.29) is 0 Å². The highest BCUT2D eigenvalue weighted by Crippen LogP contribution is 2.09. The minimum atomic E-state index is 0.420. The van der Waals surface area contributed by atoms with Gasteiger partial charge in [0.15, 0.2) is 0 Å². The molecular formula is C8H16O2. The number of hydrogen-bond donors (Lipinski definition) is 0. The summed E-state index contributed by atoms with van der Waals surface area (Å²) in [5, 5.41) is 0. The lowest BCUT2D eigenvalue weighted by molar-refractivity contribution is 0.0897. The smallest absolute Gasteiger partial charge is 0.104 e. The average molecular weight is 144 g/mol. The first-order chi connectivity index (χ1) is 4.83. The molecule has 1 aliphatic rings. The first kappa shape index (κ1) is 8.02. The van der Waals surface area contributed by atoms with E-state index in [4.69, 9.17) is 9.47 Å². The van der Waals surface area contributed by atoms with Crippen LogP contribution in [0.25, 0.3) is 0 Å². The molecule has 1 fully saturated rings. The van der Waals surface area contributed by atoms with E-state index in [1.807, 2.05) is 0 Å². The highest BCUT2D eigenvalue weighted by molar-refractivity contribution is 4.67. The van der Waals surface area contributed by atoms with Gasteiger partial charge in [0.05, 0.1) is 13.2 Å². The molecule has 0 saturated carbocycles. The highest BCUT2D eigenvalue weighted by Gasteiger charge is 2.22. The lowest BCUT2D eigenvalue weighted by atomic mass is 10.1. The van der Waals surface area contributed by atoms with Gasteiger partial charge in [-0.15, -0.1) is 0 Å². The first-order valence-corrected chi connectivity index (χ1v) is 4.02. The van der Waals surface area contributed by atoms with Crippen LogP contribution in [0, 0.1) is 5.92 Å². The molecule has 2 nitrogen and oxygen atoms in total. The van der Waals surface area contributed by atoms with Crippen LogP contribution in [0.5, 0.6) is 0 Å². The maximum atomic E-state index is 5.39. The van der Waals surface area contributed by atoms with Crippen LogP contribution in [-0.2, 0) is 9.47 Å². The largest absolute Gasteiger partial charge is 0.378 e. The Bertz CT molecular complexity index is 89.3. The molecule has 0 unspecified atom stereocenters. The molecule has 2 heteroatoms. The lowest BCUT2D eigenvalue weighted by Gasteiger charge is -2.07. The summed E-state index contributed by atoms with van der Waals surface area (Å²) in [5.41, 5.74) is 0. The lowest BCUT2D eigenvalue weighted by Crippen LogP contribution is -2.08. The van der Waals surface area contributed by atoms with Gasteiger partial charge in [-0.05, 0) is 5.92 Å². The van der Waals surface area contributed by atoms with Crippen molar-refractivity contribution in [2.24, 2.45) is 5.92 Å². The SMILES string of the molecule is CC[C@@H](C)COC[C@H]1CO1. The van der Waals surface area contributed by atoms with E-state index in [0.717, 1.165) is 19.8 Å². The predicted molar refractivity (Wildman–Crippen MR) is 40.0 cm³/mol. The second kappa shape index (κ2) is 3.94. The second-order valence-corrected chi connectivity index (χ2v) is 3.01. The fourth-order valence-electron chi connectivity index (χ4n) is 0.683. The van der Waals surface area contributed by atoms with Crippen LogP contribution >= 0.6 is 0 Å². The zero-order valence-corrected chi connectivity index (χ0v) is 6.80. The topological polar surface area (TPSA) is 21.8 Å². The second-order valence-electron chi connectivity index (χ2n) is 3.01. The summed E-state index contributed by atoms with van der Waals surface area (Å²) in [4.78, 5) is 0. The van der Waals surface area contributed by atoms with Crippen molar-refractivity contribution in [1.29, 1.82) is 0 Å². The van der Waals surface area contributed by atoms with E-state index in [1.165, 1.54) is 6.42 Å². The van der Waals surface area contributed by atoms with Gasteiger partial charge in [0, 0.05) is 6.61 Å². The molecule has 0 amide bonds. The fourth-order valence-corrected chi connectivity index (χ4v) is 0.683. The number of epoxide rings is 1. The molecule has 0 spiro atoms. The summed E-state index contributed by atoms with van der Waals surface area (Å²) in [6.45, 7) is 6.97. The Morgan fingerprint density at radius 3 is 2.90 bits per heavy atom. The summed E-state index contributed by atoms with van der Waals surface area (Å²) >= 11 is 0. The van der Waals surface area contributed by atoms with E-state index >= 15 is 0 Å². The van der Waals surface area contributed by atoms with Crippen molar-refractivity contribution in [3.63, 3.8) is 0 Å². The zero-order valence-electron chi connectivity index (χ0n) is 6.80. The fraction of sp³-hybridized carbons (Fsp3) is 1.00. The van der Waals surface area contributed by atoms with Crippen molar-refractivity contribution in [3.8, 4) is 0 Å². The molecule has 0 aromatic carbocycles. The number of ether oxygens (including phenoxy) is 2. The van der Waals surface area contributed by atoms with Crippen LogP contribution in [0.15, 0.2) is 0 Å². The van der Waals surface area contributed by atoms with Gasteiger partial charge in [0.25, 0.3) is 0 Å². The molecule has 2 atom stereocenters. The van der Waals surface area contributed by atoms with Crippen molar-refractivity contribution in [3.05, 3.63) is 0 Å². The number of hydrogen-bond acceptors (Lipinski definition) is 2. The van der Waals surface area contributed by atoms with Crippen molar-refractivity contribution in [2.75, 3.05) is 19.8 Å². The van der Waals surface area contributed by atoms with Gasteiger partial charge in [-0.3, -0.25) is 0 Å². The molecular weight excluding hydrogens is 128 g/mol. The standard InChI is InChI=1S/C8H16O2/c1-3-7(2)4-9-5-8-6-10-8/h7-8H,3-6H2,1-2H3/t7-,8+/m1/s1. The third-order valence-electron chi connectivity index (χ3n) is 1.81. The van der Waals surface area contributed by atoms with Gasteiger partial charge >= 0.3 is 0 Å². The monoisotopic (exact) mass is 144 g/mol. The van der Waals surface area contributed by atoms with Crippen molar-refractivity contribution < 1.29 is 9.47 Å². The minimum absolute atomic E-state index is 0.420. The Morgan fingerprint density at radius 1 is 1.70 bits per heavy atom. The van der Waals surface area contributed by atoms with E-state index in [1.54, 1.807) is 0 Å². The third-order valence-corrected chi connectivity index (χ3v) is 1.81. The summed E-state index contributed by atoms with van der Waals surface area (Å²) in [6.07, 6.45) is 1.62. The predicted octanol–water partition coefficient (Wildman–Crippen LogP) is 1.45. The summed E-state index contributed by atoms with van der Waals surface area (Å²) in [5.74, 6) is 0.693. The molecule has 1 saturated heterocycles. The summed E-state index contributed by atoms with van der Waals surface area (Å²) in [6, 6.07) is 0. The normalized spacial score (nSPS) is 26.4. The zero-order chi connectivity index (χ0) is 7.40. The van der Waals surface area contributed by atoms with Gasteiger partial charge in [-0.25, -0.2) is 0 Å². The molecule has 1 aliphatic heterocycles. The molecule has 0 N–H and O–H groups in total. The Balaban J connectivity index is 1.83. The van der Waals surface area contributed by atoms with Gasteiger partial charge in [-0.1, -0.05) is 20.3 Å². The highest BCUT2D eigenvalue weighted by atomic mass is 16.6. The minimum Gasteiger partial charge on any atom is -0.378 e. The van der Waals surface area contributed by atoms with Crippen molar-refractivity contribution >= 4 is 0 Å². The maximum absolute atomic E-state index is 5.39. The molecule has 1 heterocycles. The Kier molecular flexibility index (Phi) is 3.16. The molecule has 10 heavy (non-hydrogen) atoms. The number of rotatable bonds is 5. The molecule has 60 valence electrons. The van der Waals surface area contributed by atoms with Gasteiger partial charge < -0.3 is 9.47 Å². The Labute approximate surface area is 62.5 Å². The average Bonchev–Trinajstić information content (AvgIpc) is 2.71. The van der Waals surface area contributed by atoms with Crippen molar-refractivity contribution in [2.45, 2.75) is 26.4 Å². The first-order valence-electron chi connectivity index (χ1n) is 4.02. The van der Waals surface area contributed by atoms with Crippen LogP contribution in [0.3, 0.4) is 0 Å². The van der Waals surface area contributed by atoms with Gasteiger partial charge in [0.1, 0.15) is 6.10 Å². The van der Waals surface area contributed by atoms with Gasteiger partial charge in [0.2, 0.25) is 0 Å². The quantitative estimate of drug-likeness (QED) is 0.545. The van der Waals surface area contributed by atoms with Crippen LogP contribution in [-0.4, -0.2) is 25.9 Å². The molecule has 0 bridgehead atoms.